The van der Waals surface area contributed by atoms with Crippen LogP contribution < -0.4 is 4.74 Å². The Labute approximate surface area is 166 Å². The van der Waals surface area contributed by atoms with Gasteiger partial charge in [-0.15, -0.1) is 0 Å². The number of fused-ring (bicyclic) bond motifs is 3. The van der Waals surface area contributed by atoms with Gasteiger partial charge in [0.05, 0.1) is 25.9 Å². The molecule has 3 heterocycles. The largest absolute Gasteiger partial charge is 0.497 e. The number of likely N-dealkylation sites (tertiary alicyclic amines) is 1. The molecule has 3 aliphatic rings. The summed E-state index contributed by atoms with van der Waals surface area (Å²) in [6.45, 7) is 2.90. The molecule has 1 aromatic rings. The molecule has 0 saturated carbocycles. The van der Waals surface area contributed by atoms with Crippen LogP contribution in [0, 0.1) is 11.8 Å². The van der Waals surface area contributed by atoms with Gasteiger partial charge in [-0.25, -0.2) is 0 Å². The number of carbonyl (C=O) groups excluding carboxylic acids is 1. The normalized spacial score (nSPS) is 32.4. The summed E-state index contributed by atoms with van der Waals surface area (Å²) in [6, 6.07) is 8.11. The van der Waals surface area contributed by atoms with Crippen LogP contribution in [0.25, 0.3) is 0 Å². The second-order valence-electron chi connectivity index (χ2n) is 8.30. The van der Waals surface area contributed by atoms with Gasteiger partial charge in [0.2, 0.25) is 5.91 Å². The lowest BCUT2D eigenvalue weighted by molar-refractivity contribution is -0.219. The summed E-state index contributed by atoms with van der Waals surface area (Å²) in [5.74, 6) is 1.02. The number of rotatable bonds is 5. The number of piperidine rings is 1. The zero-order valence-electron chi connectivity index (χ0n) is 16.6. The topological polar surface area (TPSA) is 68.2 Å². The van der Waals surface area contributed by atoms with E-state index >= 15 is 0 Å². The smallest absolute Gasteiger partial charge is 0.222 e. The SMILES string of the molecule is COc1ccc(CCCC(=O)N2C[C@@H]3COCC[C@]3(O)[C@H]3COCC[C@H]32)cc1. The molecule has 1 aromatic carbocycles. The fourth-order valence-corrected chi connectivity index (χ4v) is 5.12. The van der Waals surface area contributed by atoms with Crippen molar-refractivity contribution in [1.29, 1.82) is 0 Å². The number of aliphatic hydroxyl groups is 1. The minimum absolute atomic E-state index is 0.00515. The standard InChI is InChI=1S/C22H31NO5/c1-26-18-7-5-16(6-8-18)3-2-4-21(24)23-13-17-14-28-12-10-22(17,25)19-15-27-11-9-20(19)23/h5-8,17,19-20,25H,2-4,9-15H2,1H3/t17-,19+,20-,22-/m1/s1. The van der Waals surface area contributed by atoms with Crippen molar-refractivity contribution in [1.82, 2.24) is 4.90 Å². The first-order valence-electron chi connectivity index (χ1n) is 10.4. The van der Waals surface area contributed by atoms with E-state index in [1.807, 2.05) is 17.0 Å². The van der Waals surface area contributed by atoms with Crippen LogP contribution in [0.15, 0.2) is 24.3 Å². The van der Waals surface area contributed by atoms with Gasteiger partial charge in [0.1, 0.15) is 5.75 Å². The van der Waals surface area contributed by atoms with Gasteiger partial charge in [-0.2, -0.15) is 0 Å². The van der Waals surface area contributed by atoms with E-state index < -0.39 is 5.60 Å². The summed E-state index contributed by atoms with van der Waals surface area (Å²) >= 11 is 0. The number of hydrogen-bond acceptors (Lipinski definition) is 5. The maximum Gasteiger partial charge on any atom is 0.222 e. The van der Waals surface area contributed by atoms with Crippen molar-refractivity contribution >= 4 is 5.91 Å². The van der Waals surface area contributed by atoms with Crippen LogP contribution in [0.5, 0.6) is 5.75 Å². The Morgan fingerprint density at radius 3 is 2.82 bits per heavy atom. The molecule has 28 heavy (non-hydrogen) atoms. The number of ether oxygens (including phenoxy) is 3. The number of nitrogens with zero attached hydrogens (tertiary/aromatic N) is 1. The molecule has 0 radical (unpaired) electrons. The molecule has 4 atom stereocenters. The number of carbonyl (C=O) groups is 1. The van der Waals surface area contributed by atoms with E-state index in [1.165, 1.54) is 5.56 Å². The first kappa shape index (κ1) is 19.7. The van der Waals surface area contributed by atoms with E-state index in [-0.39, 0.29) is 23.8 Å². The van der Waals surface area contributed by atoms with Crippen molar-refractivity contribution in [3.8, 4) is 5.75 Å². The Balaban J connectivity index is 1.38. The van der Waals surface area contributed by atoms with E-state index in [0.29, 0.717) is 45.8 Å². The van der Waals surface area contributed by atoms with E-state index in [2.05, 4.69) is 12.1 Å². The molecule has 0 unspecified atom stereocenters. The number of aryl methyl sites for hydroxylation is 1. The third-order valence-electron chi connectivity index (χ3n) is 6.79. The highest BCUT2D eigenvalue weighted by atomic mass is 16.5. The highest BCUT2D eigenvalue weighted by Crippen LogP contribution is 2.44. The number of methoxy groups -OCH3 is 1. The van der Waals surface area contributed by atoms with Gasteiger partial charge in [0.15, 0.2) is 0 Å². The quantitative estimate of drug-likeness (QED) is 0.835. The van der Waals surface area contributed by atoms with Crippen LogP contribution in [-0.2, 0) is 20.7 Å². The Bertz CT molecular complexity index is 678. The van der Waals surface area contributed by atoms with Gasteiger partial charge in [0.25, 0.3) is 0 Å². The number of hydrogen-bond donors (Lipinski definition) is 1. The van der Waals surface area contributed by atoms with Crippen LogP contribution >= 0.6 is 0 Å². The van der Waals surface area contributed by atoms with Crippen molar-refractivity contribution in [2.75, 3.05) is 40.1 Å². The fourth-order valence-electron chi connectivity index (χ4n) is 5.12. The van der Waals surface area contributed by atoms with Crippen LogP contribution in [0.2, 0.25) is 0 Å². The van der Waals surface area contributed by atoms with Crippen LogP contribution in [0.1, 0.15) is 31.2 Å². The van der Waals surface area contributed by atoms with Crippen LogP contribution in [0.4, 0.5) is 0 Å². The van der Waals surface area contributed by atoms with Crippen molar-refractivity contribution in [2.24, 2.45) is 11.8 Å². The lowest BCUT2D eigenvalue weighted by Gasteiger charge is -2.57. The lowest BCUT2D eigenvalue weighted by Crippen LogP contribution is -2.68. The van der Waals surface area contributed by atoms with Crippen molar-refractivity contribution in [2.45, 2.75) is 43.7 Å². The molecule has 0 aliphatic carbocycles. The number of amides is 1. The molecule has 3 aliphatic heterocycles. The summed E-state index contributed by atoms with van der Waals surface area (Å²) < 4.78 is 16.5. The minimum Gasteiger partial charge on any atom is -0.497 e. The van der Waals surface area contributed by atoms with Gasteiger partial charge < -0.3 is 24.2 Å². The van der Waals surface area contributed by atoms with Crippen molar-refractivity contribution < 1.29 is 24.1 Å². The van der Waals surface area contributed by atoms with E-state index in [1.54, 1.807) is 7.11 Å². The Morgan fingerprint density at radius 1 is 1.25 bits per heavy atom. The second kappa shape index (κ2) is 8.39. The van der Waals surface area contributed by atoms with E-state index in [0.717, 1.165) is 25.0 Å². The van der Waals surface area contributed by atoms with Crippen molar-refractivity contribution in [3.63, 3.8) is 0 Å². The molecule has 154 valence electrons. The van der Waals surface area contributed by atoms with Gasteiger partial charge in [-0.3, -0.25) is 4.79 Å². The van der Waals surface area contributed by atoms with Gasteiger partial charge >= 0.3 is 0 Å². The molecular weight excluding hydrogens is 358 g/mol. The highest BCUT2D eigenvalue weighted by molar-refractivity contribution is 5.77. The molecule has 3 fully saturated rings. The summed E-state index contributed by atoms with van der Waals surface area (Å²) in [5, 5.41) is 11.3. The molecule has 6 nitrogen and oxygen atoms in total. The third kappa shape index (κ3) is 3.78. The number of benzene rings is 1. The molecule has 3 saturated heterocycles. The summed E-state index contributed by atoms with van der Waals surface area (Å²) in [5.41, 5.74) is 0.453. The fraction of sp³-hybridized carbons (Fsp3) is 0.682. The van der Waals surface area contributed by atoms with E-state index in [9.17, 15) is 9.90 Å². The van der Waals surface area contributed by atoms with E-state index in [4.69, 9.17) is 14.2 Å². The third-order valence-corrected chi connectivity index (χ3v) is 6.79. The molecule has 6 heteroatoms. The maximum atomic E-state index is 13.1. The molecule has 0 aromatic heterocycles. The van der Waals surface area contributed by atoms with Crippen molar-refractivity contribution in [3.05, 3.63) is 29.8 Å². The summed E-state index contributed by atoms with van der Waals surface area (Å²) in [7, 11) is 1.66. The summed E-state index contributed by atoms with van der Waals surface area (Å²) in [4.78, 5) is 15.1. The molecule has 4 rings (SSSR count). The Kier molecular flexibility index (Phi) is 5.90. The molecule has 0 bridgehead atoms. The molecule has 1 amide bonds. The van der Waals surface area contributed by atoms with Crippen LogP contribution in [-0.4, -0.2) is 67.6 Å². The van der Waals surface area contributed by atoms with Gasteiger partial charge in [-0.1, -0.05) is 12.1 Å². The zero-order valence-corrected chi connectivity index (χ0v) is 16.6. The van der Waals surface area contributed by atoms with Gasteiger partial charge in [0, 0.05) is 50.5 Å². The van der Waals surface area contributed by atoms with Crippen LogP contribution in [0.3, 0.4) is 0 Å². The lowest BCUT2D eigenvalue weighted by atomic mass is 9.66. The monoisotopic (exact) mass is 389 g/mol. The zero-order chi connectivity index (χ0) is 19.6. The highest BCUT2D eigenvalue weighted by Gasteiger charge is 2.56. The molecular formula is C22H31NO5. The summed E-state index contributed by atoms with van der Waals surface area (Å²) in [6.07, 6.45) is 3.67. The predicted octanol–water partition coefficient (Wildman–Crippen LogP) is 2.03. The van der Waals surface area contributed by atoms with Gasteiger partial charge in [-0.05, 0) is 37.0 Å². The average molecular weight is 389 g/mol. The molecule has 1 N–H and O–H groups in total. The molecule has 0 spiro atoms. The Morgan fingerprint density at radius 2 is 2.04 bits per heavy atom. The Hall–Kier alpha value is -1.63. The first-order chi connectivity index (χ1) is 13.6. The minimum atomic E-state index is -0.761. The maximum absolute atomic E-state index is 13.1. The predicted molar refractivity (Wildman–Crippen MR) is 104 cm³/mol. The first-order valence-corrected chi connectivity index (χ1v) is 10.4. The average Bonchev–Trinajstić information content (AvgIpc) is 2.73. The second-order valence-corrected chi connectivity index (χ2v) is 8.30.